The molecule has 0 aliphatic heterocycles. The fraction of sp³-hybridized carbons (Fsp3) is 0.250. The van der Waals surface area contributed by atoms with Gasteiger partial charge in [-0.3, -0.25) is 5.84 Å². The molecule has 0 radical (unpaired) electrons. The predicted octanol–water partition coefficient (Wildman–Crippen LogP) is 2.56. The Balaban J connectivity index is 2.49. The molecular formula is C16H20N2O2. The van der Waals surface area contributed by atoms with Gasteiger partial charge in [0.25, 0.3) is 0 Å². The van der Waals surface area contributed by atoms with Crippen molar-refractivity contribution >= 4 is 0 Å². The van der Waals surface area contributed by atoms with Crippen molar-refractivity contribution in [3.63, 3.8) is 0 Å². The first-order valence-corrected chi connectivity index (χ1v) is 6.44. The van der Waals surface area contributed by atoms with Crippen molar-refractivity contribution in [2.75, 3.05) is 14.2 Å². The zero-order chi connectivity index (χ0) is 14.5. The molecule has 106 valence electrons. The zero-order valence-corrected chi connectivity index (χ0v) is 12.0. The van der Waals surface area contributed by atoms with Crippen LogP contribution in [0.3, 0.4) is 0 Å². The van der Waals surface area contributed by atoms with Crippen molar-refractivity contribution in [3.05, 3.63) is 59.2 Å². The molecule has 2 aromatic carbocycles. The maximum atomic E-state index is 5.76. The number of hydrogen-bond donors (Lipinski definition) is 2. The van der Waals surface area contributed by atoms with E-state index in [-0.39, 0.29) is 6.04 Å². The second-order valence-corrected chi connectivity index (χ2v) is 4.56. The van der Waals surface area contributed by atoms with Gasteiger partial charge in [0.05, 0.1) is 20.3 Å². The van der Waals surface area contributed by atoms with Crippen LogP contribution in [0.4, 0.5) is 0 Å². The third-order valence-corrected chi connectivity index (χ3v) is 3.42. The van der Waals surface area contributed by atoms with Gasteiger partial charge in [-0.15, -0.1) is 0 Å². The van der Waals surface area contributed by atoms with Crippen LogP contribution in [-0.4, -0.2) is 14.2 Å². The Bertz CT molecular complexity index is 584. The molecule has 0 spiro atoms. The molecule has 0 aromatic heterocycles. The summed E-state index contributed by atoms with van der Waals surface area (Å²) < 4.78 is 10.7. The normalized spacial score (nSPS) is 12.0. The second kappa shape index (κ2) is 6.41. The smallest absolute Gasteiger partial charge is 0.127 e. The van der Waals surface area contributed by atoms with E-state index in [0.717, 1.165) is 22.6 Å². The Hall–Kier alpha value is -2.04. The molecule has 1 unspecified atom stereocenters. The molecule has 20 heavy (non-hydrogen) atoms. The van der Waals surface area contributed by atoms with Crippen LogP contribution in [0.1, 0.15) is 22.7 Å². The number of ether oxygens (including phenoxy) is 2. The van der Waals surface area contributed by atoms with Crippen molar-refractivity contribution in [3.8, 4) is 11.5 Å². The molecule has 0 amide bonds. The molecule has 0 aliphatic carbocycles. The number of methoxy groups -OCH3 is 2. The van der Waals surface area contributed by atoms with Crippen LogP contribution >= 0.6 is 0 Å². The van der Waals surface area contributed by atoms with Gasteiger partial charge in [0.1, 0.15) is 11.5 Å². The Labute approximate surface area is 119 Å². The molecule has 0 saturated carbocycles. The molecule has 1 atom stereocenters. The number of hydrogen-bond acceptors (Lipinski definition) is 4. The Morgan fingerprint density at radius 1 is 1.00 bits per heavy atom. The highest BCUT2D eigenvalue weighted by atomic mass is 16.5. The van der Waals surface area contributed by atoms with E-state index in [4.69, 9.17) is 15.3 Å². The SMILES string of the molecule is COc1ccc(C(NN)c2ccccc2C)c(OC)c1. The van der Waals surface area contributed by atoms with Gasteiger partial charge in [0.15, 0.2) is 0 Å². The van der Waals surface area contributed by atoms with E-state index in [1.165, 1.54) is 5.56 Å². The Kier molecular flexibility index (Phi) is 4.61. The summed E-state index contributed by atoms with van der Waals surface area (Å²) in [6, 6.07) is 13.7. The molecule has 4 nitrogen and oxygen atoms in total. The maximum absolute atomic E-state index is 5.76. The largest absolute Gasteiger partial charge is 0.497 e. The number of nitrogens with one attached hydrogen (secondary N) is 1. The molecule has 2 rings (SSSR count). The molecule has 0 bridgehead atoms. The topological polar surface area (TPSA) is 56.5 Å². The first kappa shape index (κ1) is 14.4. The van der Waals surface area contributed by atoms with Crippen molar-refractivity contribution in [1.82, 2.24) is 5.43 Å². The van der Waals surface area contributed by atoms with Crippen LogP contribution in [0.15, 0.2) is 42.5 Å². The van der Waals surface area contributed by atoms with Crippen molar-refractivity contribution < 1.29 is 9.47 Å². The van der Waals surface area contributed by atoms with Gasteiger partial charge in [-0.25, -0.2) is 5.43 Å². The van der Waals surface area contributed by atoms with Crippen LogP contribution in [0.2, 0.25) is 0 Å². The number of benzene rings is 2. The Morgan fingerprint density at radius 2 is 1.75 bits per heavy atom. The number of hydrazine groups is 1. The van der Waals surface area contributed by atoms with Crippen molar-refractivity contribution in [1.29, 1.82) is 0 Å². The van der Waals surface area contributed by atoms with E-state index in [1.54, 1.807) is 14.2 Å². The van der Waals surface area contributed by atoms with Crippen LogP contribution in [0.5, 0.6) is 11.5 Å². The molecule has 3 N–H and O–H groups in total. The second-order valence-electron chi connectivity index (χ2n) is 4.56. The molecule has 0 saturated heterocycles. The van der Waals surface area contributed by atoms with Gasteiger partial charge >= 0.3 is 0 Å². The first-order valence-electron chi connectivity index (χ1n) is 6.44. The average Bonchev–Trinajstić information content (AvgIpc) is 2.50. The summed E-state index contributed by atoms with van der Waals surface area (Å²) in [5.41, 5.74) is 6.14. The lowest BCUT2D eigenvalue weighted by atomic mass is 9.95. The molecule has 2 aromatic rings. The van der Waals surface area contributed by atoms with E-state index < -0.39 is 0 Å². The molecule has 0 heterocycles. The van der Waals surface area contributed by atoms with Crippen molar-refractivity contribution in [2.24, 2.45) is 5.84 Å². The van der Waals surface area contributed by atoms with Gasteiger partial charge in [-0.2, -0.15) is 0 Å². The third-order valence-electron chi connectivity index (χ3n) is 3.42. The standard InChI is InChI=1S/C16H20N2O2/c1-11-6-4-5-7-13(11)16(18-17)14-9-8-12(19-2)10-15(14)20-3/h4-10,16,18H,17H2,1-3H3. The van der Waals surface area contributed by atoms with Crippen LogP contribution in [0, 0.1) is 6.92 Å². The maximum Gasteiger partial charge on any atom is 0.127 e. The first-order chi connectivity index (χ1) is 9.71. The minimum Gasteiger partial charge on any atom is -0.497 e. The van der Waals surface area contributed by atoms with Gasteiger partial charge < -0.3 is 9.47 Å². The van der Waals surface area contributed by atoms with E-state index in [0.29, 0.717) is 0 Å². The summed E-state index contributed by atoms with van der Waals surface area (Å²) in [5.74, 6) is 7.26. The van der Waals surface area contributed by atoms with Crippen LogP contribution in [-0.2, 0) is 0 Å². The zero-order valence-electron chi connectivity index (χ0n) is 12.0. The van der Waals surface area contributed by atoms with E-state index in [9.17, 15) is 0 Å². The number of nitrogens with two attached hydrogens (primary N) is 1. The predicted molar refractivity (Wildman–Crippen MR) is 79.9 cm³/mol. The lowest BCUT2D eigenvalue weighted by Gasteiger charge is -2.21. The quantitative estimate of drug-likeness (QED) is 0.649. The van der Waals surface area contributed by atoms with Crippen molar-refractivity contribution in [2.45, 2.75) is 13.0 Å². The highest BCUT2D eigenvalue weighted by Crippen LogP contribution is 2.33. The van der Waals surface area contributed by atoms with Gasteiger partial charge in [0.2, 0.25) is 0 Å². The van der Waals surface area contributed by atoms with Gasteiger partial charge in [-0.1, -0.05) is 24.3 Å². The van der Waals surface area contributed by atoms with E-state index in [1.807, 2.05) is 30.3 Å². The van der Waals surface area contributed by atoms with E-state index >= 15 is 0 Å². The number of aryl methyl sites for hydroxylation is 1. The summed E-state index contributed by atoms with van der Waals surface area (Å²) in [5, 5.41) is 0. The monoisotopic (exact) mass is 272 g/mol. The number of rotatable bonds is 5. The highest BCUT2D eigenvalue weighted by molar-refractivity contribution is 5.47. The molecule has 0 aliphatic rings. The van der Waals surface area contributed by atoms with Gasteiger partial charge in [-0.05, 0) is 30.2 Å². The average molecular weight is 272 g/mol. The fourth-order valence-corrected chi connectivity index (χ4v) is 2.31. The van der Waals surface area contributed by atoms with Crippen LogP contribution in [0.25, 0.3) is 0 Å². The van der Waals surface area contributed by atoms with E-state index in [2.05, 4.69) is 24.5 Å². The molecular weight excluding hydrogens is 252 g/mol. The summed E-state index contributed by atoms with van der Waals surface area (Å²) in [7, 11) is 3.28. The minimum absolute atomic E-state index is 0.128. The summed E-state index contributed by atoms with van der Waals surface area (Å²) in [4.78, 5) is 0. The van der Waals surface area contributed by atoms with Gasteiger partial charge in [0, 0.05) is 11.6 Å². The highest BCUT2D eigenvalue weighted by Gasteiger charge is 2.18. The summed E-state index contributed by atoms with van der Waals surface area (Å²) in [6.45, 7) is 2.07. The molecule has 0 fully saturated rings. The Morgan fingerprint density at radius 3 is 2.35 bits per heavy atom. The fourth-order valence-electron chi connectivity index (χ4n) is 2.31. The molecule has 4 heteroatoms. The summed E-state index contributed by atoms with van der Waals surface area (Å²) >= 11 is 0. The third kappa shape index (κ3) is 2.76. The lowest BCUT2D eigenvalue weighted by Crippen LogP contribution is -2.29. The lowest BCUT2D eigenvalue weighted by molar-refractivity contribution is 0.387. The minimum atomic E-state index is -0.128. The van der Waals surface area contributed by atoms with Crippen LogP contribution < -0.4 is 20.7 Å². The summed E-state index contributed by atoms with van der Waals surface area (Å²) in [6.07, 6.45) is 0.